The SMILES string of the molecule is CC[C@H](C)NC(=O)[C@H](C)N(Cc1ccccc1C)C(=O)CN(c1ccc([N+](=O)[O-])cc1)S(=O)(=O)c1ccccc1. The van der Waals surface area contributed by atoms with Gasteiger partial charge in [0, 0.05) is 24.7 Å². The van der Waals surface area contributed by atoms with Crippen molar-refractivity contribution in [1.29, 1.82) is 0 Å². The summed E-state index contributed by atoms with van der Waals surface area (Å²) in [7, 11) is -4.25. The number of anilines is 1. The smallest absolute Gasteiger partial charge is 0.269 e. The molecule has 10 nitrogen and oxygen atoms in total. The predicted octanol–water partition coefficient (Wildman–Crippen LogP) is 4.43. The highest BCUT2D eigenvalue weighted by Crippen LogP contribution is 2.26. The largest absolute Gasteiger partial charge is 0.352 e. The number of benzene rings is 3. The molecule has 11 heteroatoms. The first kappa shape index (κ1) is 30.3. The van der Waals surface area contributed by atoms with Gasteiger partial charge in [-0.1, -0.05) is 49.4 Å². The summed E-state index contributed by atoms with van der Waals surface area (Å²) in [5.41, 5.74) is 1.59. The van der Waals surface area contributed by atoms with E-state index in [0.29, 0.717) is 6.42 Å². The lowest BCUT2D eigenvalue weighted by atomic mass is 10.1. The van der Waals surface area contributed by atoms with Crippen molar-refractivity contribution >= 4 is 33.2 Å². The summed E-state index contributed by atoms with van der Waals surface area (Å²) in [5.74, 6) is -0.961. The predicted molar refractivity (Wildman–Crippen MR) is 153 cm³/mol. The van der Waals surface area contributed by atoms with Crippen LogP contribution in [0.15, 0.2) is 83.8 Å². The molecule has 0 spiro atoms. The van der Waals surface area contributed by atoms with Crippen LogP contribution in [-0.4, -0.2) is 48.7 Å². The van der Waals surface area contributed by atoms with E-state index in [2.05, 4.69) is 5.32 Å². The molecule has 212 valence electrons. The van der Waals surface area contributed by atoms with Crippen molar-refractivity contribution in [2.75, 3.05) is 10.8 Å². The first-order valence-corrected chi connectivity index (χ1v) is 14.4. The van der Waals surface area contributed by atoms with Gasteiger partial charge in [0.15, 0.2) is 0 Å². The molecular formula is C29H34N4O6S. The number of sulfonamides is 1. The second-order valence-electron chi connectivity index (χ2n) is 9.54. The van der Waals surface area contributed by atoms with E-state index in [-0.39, 0.29) is 34.8 Å². The maximum absolute atomic E-state index is 13.9. The van der Waals surface area contributed by atoms with Crippen LogP contribution in [0.2, 0.25) is 0 Å². The Balaban J connectivity index is 2.04. The Hall–Kier alpha value is -4.25. The molecule has 0 heterocycles. The number of nitro groups is 1. The molecule has 3 aromatic rings. The topological polar surface area (TPSA) is 130 Å². The summed E-state index contributed by atoms with van der Waals surface area (Å²) in [4.78, 5) is 38.9. The Morgan fingerprint density at radius 3 is 2.12 bits per heavy atom. The minimum atomic E-state index is -4.25. The van der Waals surface area contributed by atoms with Crippen molar-refractivity contribution in [1.82, 2.24) is 10.2 Å². The number of amides is 2. The van der Waals surface area contributed by atoms with Gasteiger partial charge in [0.2, 0.25) is 11.8 Å². The van der Waals surface area contributed by atoms with Gasteiger partial charge in [-0.05, 0) is 62.6 Å². The summed E-state index contributed by atoms with van der Waals surface area (Å²) in [6.45, 7) is 6.76. The number of hydrogen-bond donors (Lipinski definition) is 1. The van der Waals surface area contributed by atoms with Crippen LogP contribution in [0.3, 0.4) is 0 Å². The molecule has 3 rings (SSSR count). The average molecular weight is 567 g/mol. The number of nitro benzene ring substituents is 1. The highest BCUT2D eigenvalue weighted by atomic mass is 32.2. The summed E-state index contributed by atoms with van der Waals surface area (Å²) < 4.78 is 28.4. The lowest BCUT2D eigenvalue weighted by Crippen LogP contribution is -2.52. The number of carbonyl (C=O) groups is 2. The third kappa shape index (κ3) is 7.23. The van der Waals surface area contributed by atoms with E-state index in [0.717, 1.165) is 15.4 Å². The van der Waals surface area contributed by atoms with Crippen molar-refractivity contribution < 1.29 is 22.9 Å². The Bertz CT molecular complexity index is 1440. The van der Waals surface area contributed by atoms with Gasteiger partial charge < -0.3 is 10.2 Å². The molecule has 0 aliphatic carbocycles. The number of nitrogens with one attached hydrogen (secondary N) is 1. The van der Waals surface area contributed by atoms with Gasteiger partial charge in [-0.15, -0.1) is 0 Å². The van der Waals surface area contributed by atoms with E-state index in [1.165, 1.54) is 41.3 Å². The van der Waals surface area contributed by atoms with E-state index >= 15 is 0 Å². The van der Waals surface area contributed by atoms with Gasteiger partial charge in [-0.25, -0.2) is 8.42 Å². The fourth-order valence-electron chi connectivity index (χ4n) is 4.01. The molecule has 0 bridgehead atoms. The molecule has 2 atom stereocenters. The number of non-ortho nitro benzene ring substituents is 1. The third-order valence-corrected chi connectivity index (χ3v) is 8.52. The molecule has 0 saturated heterocycles. The fourth-order valence-corrected chi connectivity index (χ4v) is 5.44. The summed E-state index contributed by atoms with van der Waals surface area (Å²) in [6.07, 6.45) is 0.702. The second kappa shape index (κ2) is 13.2. The van der Waals surface area contributed by atoms with Crippen LogP contribution in [0.4, 0.5) is 11.4 Å². The second-order valence-corrected chi connectivity index (χ2v) is 11.4. The van der Waals surface area contributed by atoms with Crippen molar-refractivity contribution in [3.63, 3.8) is 0 Å². The number of nitrogens with zero attached hydrogens (tertiary/aromatic N) is 3. The van der Waals surface area contributed by atoms with Crippen LogP contribution in [0.25, 0.3) is 0 Å². The van der Waals surface area contributed by atoms with Gasteiger partial charge >= 0.3 is 0 Å². The Morgan fingerprint density at radius 2 is 1.55 bits per heavy atom. The number of aryl methyl sites for hydroxylation is 1. The van der Waals surface area contributed by atoms with Crippen molar-refractivity contribution in [3.05, 3.63) is 100 Å². The first-order chi connectivity index (χ1) is 18.9. The zero-order chi connectivity index (χ0) is 29.4. The average Bonchev–Trinajstić information content (AvgIpc) is 2.95. The Labute approximate surface area is 234 Å². The highest BCUT2D eigenvalue weighted by Gasteiger charge is 2.33. The normalized spacial score (nSPS) is 12.7. The minimum absolute atomic E-state index is 0.0471. The Morgan fingerprint density at radius 1 is 0.950 bits per heavy atom. The number of rotatable bonds is 12. The van der Waals surface area contributed by atoms with Crippen molar-refractivity contribution in [2.24, 2.45) is 0 Å². The molecule has 0 saturated carbocycles. The van der Waals surface area contributed by atoms with Crippen LogP contribution in [0.1, 0.15) is 38.3 Å². The van der Waals surface area contributed by atoms with Crippen LogP contribution in [0.5, 0.6) is 0 Å². The molecule has 0 aromatic heterocycles. The van der Waals surface area contributed by atoms with E-state index in [9.17, 15) is 28.1 Å². The lowest BCUT2D eigenvalue weighted by Gasteiger charge is -2.32. The van der Waals surface area contributed by atoms with Crippen LogP contribution in [-0.2, 0) is 26.2 Å². The van der Waals surface area contributed by atoms with Crippen LogP contribution in [0, 0.1) is 17.0 Å². The van der Waals surface area contributed by atoms with Gasteiger partial charge in [-0.2, -0.15) is 0 Å². The van der Waals surface area contributed by atoms with Gasteiger partial charge in [0.25, 0.3) is 15.7 Å². The van der Waals surface area contributed by atoms with E-state index in [1.807, 2.05) is 45.0 Å². The van der Waals surface area contributed by atoms with Crippen molar-refractivity contribution in [2.45, 2.75) is 57.6 Å². The minimum Gasteiger partial charge on any atom is -0.352 e. The Kier molecular flexibility index (Phi) is 10.0. The summed E-state index contributed by atoms with van der Waals surface area (Å²) in [5, 5.41) is 14.1. The molecule has 0 aliphatic rings. The standard InChI is InChI=1S/C29H34N4O6S/c1-5-22(3)30-29(35)23(4)31(19-24-12-10-9-11-21(24)2)28(34)20-32(25-15-17-26(18-16-25)33(36)37)40(38,39)27-13-7-6-8-14-27/h6-18,22-23H,5,19-20H2,1-4H3,(H,30,35)/t22-,23-/m0/s1. The molecule has 0 unspecified atom stereocenters. The van der Waals surface area contributed by atoms with Gasteiger partial charge in [0.05, 0.1) is 15.5 Å². The summed E-state index contributed by atoms with van der Waals surface area (Å²) in [6, 6.07) is 19.0. The maximum atomic E-state index is 13.9. The fraction of sp³-hybridized carbons (Fsp3) is 0.310. The quantitative estimate of drug-likeness (QED) is 0.255. The zero-order valence-electron chi connectivity index (χ0n) is 23.0. The summed E-state index contributed by atoms with van der Waals surface area (Å²) >= 11 is 0. The van der Waals surface area contributed by atoms with Crippen LogP contribution < -0.4 is 9.62 Å². The molecule has 0 fully saturated rings. The monoisotopic (exact) mass is 566 g/mol. The number of carbonyl (C=O) groups excluding carboxylic acids is 2. The van der Waals surface area contributed by atoms with Crippen molar-refractivity contribution in [3.8, 4) is 0 Å². The van der Waals surface area contributed by atoms with E-state index in [1.54, 1.807) is 25.1 Å². The maximum Gasteiger partial charge on any atom is 0.269 e. The zero-order valence-corrected chi connectivity index (χ0v) is 23.8. The van der Waals surface area contributed by atoms with E-state index < -0.39 is 33.4 Å². The first-order valence-electron chi connectivity index (χ1n) is 12.9. The van der Waals surface area contributed by atoms with Gasteiger partial charge in [0.1, 0.15) is 12.6 Å². The molecule has 40 heavy (non-hydrogen) atoms. The highest BCUT2D eigenvalue weighted by molar-refractivity contribution is 7.92. The third-order valence-electron chi connectivity index (χ3n) is 6.73. The molecule has 2 amide bonds. The molecule has 0 radical (unpaired) electrons. The van der Waals surface area contributed by atoms with Crippen LogP contribution >= 0.6 is 0 Å². The number of hydrogen-bond acceptors (Lipinski definition) is 6. The molecular weight excluding hydrogens is 532 g/mol. The van der Waals surface area contributed by atoms with E-state index in [4.69, 9.17) is 0 Å². The molecule has 1 N–H and O–H groups in total. The van der Waals surface area contributed by atoms with Gasteiger partial charge in [-0.3, -0.25) is 24.0 Å². The molecule has 3 aromatic carbocycles. The molecule has 0 aliphatic heterocycles. The lowest BCUT2D eigenvalue weighted by molar-refractivity contribution is -0.384.